The molecular weight excluding hydrogens is 436 g/mol. The van der Waals surface area contributed by atoms with Crippen molar-refractivity contribution >= 4 is 40.6 Å². The summed E-state index contributed by atoms with van der Waals surface area (Å²) in [5.74, 6) is 0.254. The highest BCUT2D eigenvalue weighted by atomic mass is 32.1. The molecule has 6 heteroatoms. The number of hydrogen-bond donors (Lipinski definition) is 0. The van der Waals surface area contributed by atoms with Gasteiger partial charge in [-0.15, -0.1) is 22.7 Å². The molecule has 0 aliphatic carbocycles. The van der Waals surface area contributed by atoms with Crippen molar-refractivity contribution < 1.29 is 9.59 Å². The first-order chi connectivity index (χ1) is 15.7. The van der Waals surface area contributed by atoms with Crippen LogP contribution in [0.4, 0.5) is 0 Å². The lowest BCUT2D eigenvalue weighted by Gasteiger charge is -2.39. The van der Waals surface area contributed by atoms with Crippen molar-refractivity contribution in [2.75, 3.05) is 19.6 Å². The highest BCUT2D eigenvalue weighted by Gasteiger charge is 2.37. The minimum atomic E-state index is -0.0141. The molecule has 0 spiro atoms. The summed E-state index contributed by atoms with van der Waals surface area (Å²) < 4.78 is 0. The van der Waals surface area contributed by atoms with Crippen LogP contribution in [-0.2, 0) is 16.0 Å². The number of carbonyl (C=O) groups is 2. The second kappa shape index (κ2) is 9.43. The van der Waals surface area contributed by atoms with Gasteiger partial charge in [-0.3, -0.25) is 9.59 Å². The van der Waals surface area contributed by atoms with Gasteiger partial charge in [0.25, 0.3) is 0 Å². The molecule has 164 valence electrons. The largest absolute Gasteiger partial charge is 0.339 e. The monoisotopic (exact) mass is 462 g/mol. The lowest BCUT2D eigenvalue weighted by molar-refractivity contribution is -0.141. The minimum Gasteiger partial charge on any atom is -0.339 e. The number of rotatable bonds is 4. The molecule has 2 aliphatic heterocycles. The molecule has 32 heavy (non-hydrogen) atoms. The molecule has 0 saturated carbocycles. The third-order valence-corrected chi connectivity index (χ3v) is 8.36. The number of carbonyl (C=O) groups excluding carboxylic acids is 2. The zero-order valence-electron chi connectivity index (χ0n) is 17.9. The maximum absolute atomic E-state index is 13.6. The van der Waals surface area contributed by atoms with E-state index in [1.54, 1.807) is 28.7 Å². The lowest BCUT2D eigenvalue weighted by atomic mass is 9.91. The summed E-state index contributed by atoms with van der Waals surface area (Å²) in [6.45, 7) is 2.04. The third kappa shape index (κ3) is 4.30. The standard InChI is InChI=1S/C26H26N2O2S2/c29-24(9-8-19-5-2-1-3-6-19)27-14-10-20(11-15-27)26(30)28-16-12-22-21(13-18-32-22)25(28)23-7-4-17-31-23/h1-9,13,17-18,20,25H,10-12,14-16H2/b9-8+. The zero-order valence-corrected chi connectivity index (χ0v) is 19.5. The van der Waals surface area contributed by atoms with Crippen LogP contribution in [0.15, 0.2) is 65.4 Å². The van der Waals surface area contributed by atoms with Crippen molar-refractivity contribution in [1.82, 2.24) is 9.80 Å². The summed E-state index contributed by atoms with van der Waals surface area (Å²) in [4.78, 5) is 32.8. The Morgan fingerprint density at radius 2 is 1.72 bits per heavy atom. The van der Waals surface area contributed by atoms with Gasteiger partial charge in [0.05, 0.1) is 6.04 Å². The quantitative estimate of drug-likeness (QED) is 0.498. The van der Waals surface area contributed by atoms with Gasteiger partial charge in [-0.1, -0.05) is 36.4 Å². The van der Waals surface area contributed by atoms with Gasteiger partial charge >= 0.3 is 0 Å². The Hall–Kier alpha value is -2.70. The lowest BCUT2D eigenvalue weighted by Crippen LogP contribution is -2.47. The number of amides is 2. The molecule has 4 nitrogen and oxygen atoms in total. The zero-order chi connectivity index (χ0) is 21.9. The average Bonchev–Trinajstić information content (AvgIpc) is 3.54. The normalized spacial score (nSPS) is 19.3. The molecule has 5 rings (SSSR count). The Labute approximate surface area is 196 Å². The second-order valence-corrected chi connectivity index (χ2v) is 10.3. The van der Waals surface area contributed by atoms with Crippen LogP contribution in [0, 0.1) is 5.92 Å². The van der Waals surface area contributed by atoms with Crippen LogP contribution in [0.5, 0.6) is 0 Å². The molecule has 0 radical (unpaired) electrons. The summed E-state index contributed by atoms with van der Waals surface area (Å²) in [6, 6.07) is 16.3. The number of piperidine rings is 1. The highest BCUT2D eigenvalue weighted by Crippen LogP contribution is 2.40. The van der Waals surface area contributed by atoms with Crippen LogP contribution in [0.25, 0.3) is 6.08 Å². The van der Waals surface area contributed by atoms with Crippen molar-refractivity contribution in [3.05, 3.63) is 86.2 Å². The molecule has 0 bridgehead atoms. The number of benzene rings is 1. The maximum Gasteiger partial charge on any atom is 0.246 e. The van der Waals surface area contributed by atoms with E-state index in [1.807, 2.05) is 41.3 Å². The first-order valence-corrected chi connectivity index (χ1v) is 12.9. The van der Waals surface area contributed by atoms with E-state index < -0.39 is 0 Å². The van der Waals surface area contributed by atoms with Gasteiger partial charge in [-0.05, 0) is 59.4 Å². The van der Waals surface area contributed by atoms with E-state index in [2.05, 4.69) is 33.9 Å². The van der Waals surface area contributed by atoms with Gasteiger partial charge in [0.2, 0.25) is 11.8 Å². The molecule has 1 saturated heterocycles. The second-order valence-electron chi connectivity index (χ2n) is 8.34. The molecule has 2 amide bonds. The van der Waals surface area contributed by atoms with Crippen molar-refractivity contribution in [1.29, 1.82) is 0 Å². The van der Waals surface area contributed by atoms with Crippen LogP contribution in [0.3, 0.4) is 0 Å². The Morgan fingerprint density at radius 1 is 0.906 bits per heavy atom. The number of nitrogens with zero attached hydrogens (tertiary/aromatic N) is 2. The van der Waals surface area contributed by atoms with E-state index in [0.717, 1.165) is 31.4 Å². The van der Waals surface area contributed by atoms with Gasteiger partial charge in [0.1, 0.15) is 0 Å². The van der Waals surface area contributed by atoms with Crippen LogP contribution in [0.2, 0.25) is 0 Å². The summed E-state index contributed by atoms with van der Waals surface area (Å²) >= 11 is 3.52. The maximum atomic E-state index is 13.6. The van der Waals surface area contributed by atoms with E-state index in [0.29, 0.717) is 13.1 Å². The van der Waals surface area contributed by atoms with E-state index in [4.69, 9.17) is 0 Å². The van der Waals surface area contributed by atoms with Crippen molar-refractivity contribution in [2.45, 2.75) is 25.3 Å². The van der Waals surface area contributed by atoms with Crippen molar-refractivity contribution in [3.63, 3.8) is 0 Å². The number of likely N-dealkylation sites (tertiary alicyclic amines) is 1. The van der Waals surface area contributed by atoms with Crippen LogP contribution in [-0.4, -0.2) is 41.2 Å². The Kier molecular flexibility index (Phi) is 6.23. The highest BCUT2D eigenvalue weighted by molar-refractivity contribution is 7.10. The van der Waals surface area contributed by atoms with Crippen LogP contribution in [0.1, 0.15) is 39.8 Å². The fraction of sp³-hybridized carbons (Fsp3) is 0.308. The number of hydrogen-bond acceptors (Lipinski definition) is 4. The molecule has 1 fully saturated rings. The van der Waals surface area contributed by atoms with Gasteiger partial charge < -0.3 is 9.80 Å². The summed E-state index contributed by atoms with van der Waals surface area (Å²) in [5, 5.41) is 4.23. The van der Waals surface area contributed by atoms with Gasteiger partial charge in [-0.2, -0.15) is 0 Å². The molecule has 1 aromatic carbocycles. The molecular formula is C26H26N2O2S2. The Bertz CT molecular complexity index is 1100. The molecule has 1 atom stereocenters. The smallest absolute Gasteiger partial charge is 0.246 e. The van der Waals surface area contributed by atoms with Crippen LogP contribution < -0.4 is 0 Å². The van der Waals surface area contributed by atoms with Gasteiger partial charge in [0, 0.05) is 41.4 Å². The first kappa shape index (κ1) is 21.2. The minimum absolute atomic E-state index is 0.0141. The molecule has 1 unspecified atom stereocenters. The predicted molar refractivity (Wildman–Crippen MR) is 131 cm³/mol. The summed E-state index contributed by atoms with van der Waals surface area (Å²) in [7, 11) is 0. The molecule has 2 aliphatic rings. The molecule has 0 N–H and O–H groups in total. The van der Waals surface area contributed by atoms with Crippen molar-refractivity contribution in [2.24, 2.45) is 5.92 Å². The van der Waals surface area contributed by atoms with E-state index in [-0.39, 0.29) is 23.8 Å². The Morgan fingerprint density at radius 3 is 2.47 bits per heavy atom. The third-order valence-electron chi connectivity index (χ3n) is 6.44. The average molecular weight is 463 g/mol. The molecule has 2 aromatic heterocycles. The number of thiophene rings is 2. The van der Waals surface area contributed by atoms with E-state index in [9.17, 15) is 9.59 Å². The fourth-order valence-electron chi connectivity index (χ4n) is 4.73. The van der Waals surface area contributed by atoms with Crippen molar-refractivity contribution in [3.8, 4) is 0 Å². The number of fused-ring (bicyclic) bond motifs is 1. The SMILES string of the molecule is O=C(/C=C/c1ccccc1)N1CCC(C(=O)N2CCc3sccc3C2c2cccs2)CC1. The Balaban J connectivity index is 1.24. The van der Waals surface area contributed by atoms with E-state index >= 15 is 0 Å². The fourth-order valence-corrected chi connectivity index (χ4v) is 6.48. The topological polar surface area (TPSA) is 40.6 Å². The van der Waals surface area contributed by atoms with Crippen LogP contribution >= 0.6 is 22.7 Å². The van der Waals surface area contributed by atoms with Gasteiger partial charge in [-0.25, -0.2) is 0 Å². The molecule has 3 aromatic rings. The summed E-state index contributed by atoms with van der Waals surface area (Å²) in [6.07, 6.45) is 5.90. The van der Waals surface area contributed by atoms with E-state index in [1.165, 1.54) is 15.3 Å². The first-order valence-electron chi connectivity index (χ1n) is 11.1. The summed E-state index contributed by atoms with van der Waals surface area (Å²) in [5.41, 5.74) is 2.30. The van der Waals surface area contributed by atoms with Gasteiger partial charge in [0.15, 0.2) is 0 Å². The molecule has 4 heterocycles. The predicted octanol–water partition coefficient (Wildman–Crippen LogP) is 5.24.